The van der Waals surface area contributed by atoms with Gasteiger partial charge in [-0.2, -0.15) is 4.98 Å². The summed E-state index contributed by atoms with van der Waals surface area (Å²) in [5, 5.41) is 0.451. The van der Waals surface area contributed by atoms with Crippen LogP contribution < -0.4 is 5.73 Å². The number of carbonyl (C=O) groups excluding carboxylic acids is 1. The molecule has 0 aliphatic carbocycles. The molecule has 2 aromatic heterocycles. The van der Waals surface area contributed by atoms with Crippen LogP contribution in [0, 0.1) is 6.92 Å². The van der Waals surface area contributed by atoms with Crippen LogP contribution in [0.15, 0.2) is 4.42 Å². The molecule has 1 saturated heterocycles. The number of rotatable bonds is 4. The predicted molar refractivity (Wildman–Crippen MR) is 95.3 cm³/mol. The summed E-state index contributed by atoms with van der Waals surface area (Å²) < 4.78 is 10.8. The number of nitrogens with two attached hydrogens (primary N) is 1. The van der Waals surface area contributed by atoms with Gasteiger partial charge in [-0.3, -0.25) is 4.90 Å². The topological polar surface area (TPSA) is 94.5 Å². The molecule has 0 saturated carbocycles. The fourth-order valence-corrected chi connectivity index (χ4v) is 3.37. The number of nitrogens with zero attached hydrogens (tertiary/aromatic N) is 3. The van der Waals surface area contributed by atoms with Gasteiger partial charge in [-0.15, -0.1) is 0 Å². The van der Waals surface area contributed by atoms with E-state index in [-0.39, 0.29) is 5.82 Å². The highest BCUT2D eigenvalue weighted by Crippen LogP contribution is 2.29. The average Bonchev–Trinajstić information content (AvgIpc) is 2.86. The van der Waals surface area contributed by atoms with E-state index in [1.165, 1.54) is 32.1 Å². The Labute approximate surface area is 147 Å². The van der Waals surface area contributed by atoms with Crippen LogP contribution >= 0.6 is 0 Å². The molecule has 1 fully saturated rings. The van der Waals surface area contributed by atoms with Gasteiger partial charge in [-0.1, -0.05) is 19.3 Å². The highest BCUT2D eigenvalue weighted by atomic mass is 16.5. The zero-order chi connectivity index (χ0) is 17.8. The molecular formula is C18H26N4O3. The lowest BCUT2D eigenvalue weighted by Gasteiger charge is -2.23. The number of likely N-dealkylation sites (tertiary alicyclic amines) is 1. The lowest BCUT2D eigenvalue weighted by molar-refractivity contribution is 0.0526. The Morgan fingerprint density at radius 2 is 1.88 bits per heavy atom. The fourth-order valence-electron chi connectivity index (χ4n) is 3.37. The van der Waals surface area contributed by atoms with E-state index in [9.17, 15) is 4.79 Å². The first-order chi connectivity index (χ1) is 12.1. The summed E-state index contributed by atoms with van der Waals surface area (Å²) in [5.41, 5.74) is 6.81. The summed E-state index contributed by atoms with van der Waals surface area (Å²) in [7, 11) is 0. The van der Waals surface area contributed by atoms with Gasteiger partial charge < -0.3 is 14.9 Å². The van der Waals surface area contributed by atoms with Crippen LogP contribution in [0.1, 0.15) is 61.0 Å². The molecule has 0 aromatic carbocycles. The van der Waals surface area contributed by atoms with Gasteiger partial charge in [0.1, 0.15) is 23.0 Å². The maximum absolute atomic E-state index is 12.2. The van der Waals surface area contributed by atoms with Crippen molar-refractivity contribution in [1.82, 2.24) is 14.9 Å². The molecule has 3 heterocycles. The third-order valence-corrected chi connectivity index (χ3v) is 4.60. The van der Waals surface area contributed by atoms with E-state index in [1.807, 2.05) is 0 Å². The minimum atomic E-state index is -0.453. The normalized spacial score (nSPS) is 16.6. The predicted octanol–water partition coefficient (Wildman–Crippen LogP) is 3.06. The van der Waals surface area contributed by atoms with Crippen molar-refractivity contribution < 1.29 is 13.9 Å². The summed E-state index contributed by atoms with van der Waals surface area (Å²) in [6.07, 6.45) is 6.28. The van der Waals surface area contributed by atoms with E-state index in [2.05, 4.69) is 14.9 Å². The number of aromatic nitrogens is 2. The molecule has 7 heteroatoms. The Morgan fingerprint density at radius 3 is 2.56 bits per heavy atom. The van der Waals surface area contributed by atoms with Gasteiger partial charge in [0.25, 0.3) is 0 Å². The van der Waals surface area contributed by atoms with Crippen molar-refractivity contribution in [3.05, 3.63) is 17.1 Å². The van der Waals surface area contributed by atoms with Crippen molar-refractivity contribution in [3.8, 4) is 0 Å². The molecule has 2 aromatic rings. The first-order valence-corrected chi connectivity index (χ1v) is 9.05. The molecule has 3 rings (SSSR count). The molecule has 2 N–H and O–H groups in total. The second-order valence-corrected chi connectivity index (χ2v) is 6.50. The number of aryl methyl sites for hydroxylation is 1. The molecular weight excluding hydrogens is 320 g/mol. The number of nitrogen functional groups attached to an aromatic ring is 1. The van der Waals surface area contributed by atoms with Gasteiger partial charge >= 0.3 is 5.97 Å². The maximum atomic E-state index is 12.2. The van der Waals surface area contributed by atoms with Crippen molar-refractivity contribution in [1.29, 1.82) is 0 Å². The van der Waals surface area contributed by atoms with Crippen LogP contribution in [0.2, 0.25) is 0 Å². The molecule has 0 unspecified atom stereocenters. The number of anilines is 1. The highest BCUT2D eigenvalue weighted by molar-refractivity contribution is 6.07. The number of hydrogen-bond donors (Lipinski definition) is 1. The quantitative estimate of drug-likeness (QED) is 0.850. The average molecular weight is 346 g/mol. The third kappa shape index (κ3) is 3.92. The molecule has 0 amide bonds. The number of carbonyl (C=O) groups is 1. The molecule has 1 aliphatic heterocycles. The summed E-state index contributed by atoms with van der Waals surface area (Å²) >= 11 is 0. The Balaban J connectivity index is 1.87. The monoisotopic (exact) mass is 346 g/mol. The van der Waals surface area contributed by atoms with Gasteiger partial charge in [0.05, 0.1) is 18.5 Å². The first kappa shape index (κ1) is 17.7. The summed E-state index contributed by atoms with van der Waals surface area (Å²) in [5.74, 6) is 0.908. The molecule has 7 nitrogen and oxygen atoms in total. The lowest BCUT2D eigenvalue weighted by Crippen LogP contribution is -2.28. The van der Waals surface area contributed by atoms with E-state index in [4.69, 9.17) is 14.9 Å². The van der Waals surface area contributed by atoms with Crippen LogP contribution in [0.3, 0.4) is 0 Å². The standard InChI is InChI=1S/C18H26N4O3/c1-3-24-18(23)14-12(2)25-17-15(14)16(19)20-13(21-17)11-22-9-7-5-4-6-8-10-22/h3-11H2,1-2H3,(H2,19,20,21). The van der Waals surface area contributed by atoms with Crippen molar-refractivity contribution in [2.75, 3.05) is 25.4 Å². The number of ether oxygens (including phenoxy) is 1. The second kappa shape index (κ2) is 7.82. The molecule has 0 bridgehead atoms. The minimum Gasteiger partial charge on any atom is -0.462 e. The maximum Gasteiger partial charge on any atom is 0.342 e. The van der Waals surface area contributed by atoms with Gasteiger partial charge in [0.15, 0.2) is 0 Å². The van der Waals surface area contributed by atoms with Crippen molar-refractivity contribution in [2.24, 2.45) is 0 Å². The smallest absolute Gasteiger partial charge is 0.342 e. The Bertz CT molecular complexity index is 748. The van der Waals surface area contributed by atoms with E-state index in [1.54, 1.807) is 13.8 Å². The minimum absolute atomic E-state index is 0.270. The number of fused-ring (bicyclic) bond motifs is 1. The van der Waals surface area contributed by atoms with Crippen LogP contribution in [0.4, 0.5) is 5.82 Å². The fraction of sp³-hybridized carbons (Fsp3) is 0.611. The molecule has 0 radical (unpaired) electrons. The van der Waals surface area contributed by atoms with Crippen LogP contribution in [0.25, 0.3) is 11.1 Å². The largest absolute Gasteiger partial charge is 0.462 e. The molecule has 136 valence electrons. The Hall–Kier alpha value is -2.15. The number of esters is 1. The van der Waals surface area contributed by atoms with Crippen LogP contribution in [-0.4, -0.2) is 40.5 Å². The molecule has 1 aliphatic rings. The Morgan fingerprint density at radius 1 is 1.20 bits per heavy atom. The number of furan rings is 1. The van der Waals surface area contributed by atoms with Gasteiger partial charge in [0, 0.05) is 0 Å². The second-order valence-electron chi connectivity index (χ2n) is 6.50. The molecule has 0 atom stereocenters. The summed E-state index contributed by atoms with van der Waals surface area (Å²) in [4.78, 5) is 23.5. The highest BCUT2D eigenvalue weighted by Gasteiger charge is 2.24. The van der Waals surface area contributed by atoms with Crippen molar-refractivity contribution in [2.45, 2.75) is 52.5 Å². The van der Waals surface area contributed by atoms with Gasteiger partial charge in [-0.25, -0.2) is 9.78 Å². The zero-order valence-electron chi connectivity index (χ0n) is 15.0. The molecule has 25 heavy (non-hydrogen) atoms. The van der Waals surface area contributed by atoms with Crippen LogP contribution in [0.5, 0.6) is 0 Å². The van der Waals surface area contributed by atoms with E-state index < -0.39 is 5.97 Å². The lowest BCUT2D eigenvalue weighted by atomic mass is 10.1. The van der Waals surface area contributed by atoms with E-state index in [0.29, 0.717) is 41.4 Å². The van der Waals surface area contributed by atoms with E-state index in [0.717, 1.165) is 13.1 Å². The number of hydrogen-bond acceptors (Lipinski definition) is 7. The van der Waals surface area contributed by atoms with Gasteiger partial charge in [-0.05, 0) is 39.8 Å². The SMILES string of the molecule is CCOC(=O)c1c(C)oc2nc(CN3CCCCCCC3)nc(N)c12. The zero-order valence-corrected chi connectivity index (χ0v) is 15.0. The first-order valence-electron chi connectivity index (χ1n) is 9.05. The van der Waals surface area contributed by atoms with Crippen molar-refractivity contribution >= 4 is 22.9 Å². The summed E-state index contributed by atoms with van der Waals surface area (Å²) in [6, 6.07) is 0. The van der Waals surface area contributed by atoms with Gasteiger partial charge in [0.2, 0.25) is 5.71 Å². The van der Waals surface area contributed by atoms with Crippen LogP contribution in [-0.2, 0) is 11.3 Å². The Kier molecular flexibility index (Phi) is 5.53. The third-order valence-electron chi connectivity index (χ3n) is 4.60. The molecule has 0 spiro atoms. The van der Waals surface area contributed by atoms with E-state index >= 15 is 0 Å². The van der Waals surface area contributed by atoms with Crippen molar-refractivity contribution in [3.63, 3.8) is 0 Å². The summed E-state index contributed by atoms with van der Waals surface area (Å²) in [6.45, 7) is 6.51.